The van der Waals surface area contributed by atoms with Gasteiger partial charge < -0.3 is 14.6 Å². The van der Waals surface area contributed by atoms with Gasteiger partial charge in [0, 0.05) is 0 Å². The van der Waals surface area contributed by atoms with Crippen LogP contribution in [0.4, 0.5) is 0 Å². The van der Waals surface area contributed by atoms with Crippen molar-refractivity contribution in [2.75, 3.05) is 13.2 Å². The molecule has 18 heavy (non-hydrogen) atoms. The van der Waals surface area contributed by atoms with Gasteiger partial charge in [-0.2, -0.15) is 4.98 Å². The summed E-state index contributed by atoms with van der Waals surface area (Å²) in [6.07, 6.45) is 6.19. The van der Waals surface area contributed by atoms with Gasteiger partial charge in [0.1, 0.15) is 6.61 Å². The third-order valence-corrected chi connectivity index (χ3v) is 3.38. The topological polar surface area (TPSA) is 60.2 Å². The third-order valence-electron chi connectivity index (χ3n) is 3.38. The van der Waals surface area contributed by atoms with E-state index < -0.39 is 0 Å². The molecule has 2 aliphatic rings. The minimum atomic E-state index is 0. The molecule has 1 saturated carbocycles. The highest BCUT2D eigenvalue weighted by Gasteiger charge is 2.22. The highest BCUT2D eigenvalue weighted by atomic mass is 35.5. The molecule has 1 aromatic rings. The van der Waals surface area contributed by atoms with Crippen molar-refractivity contribution in [2.45, 2.75) is 44.8 Å². The molecule has 2 heterocycles. The lowest BCUT2D eigenvalue weighted by atomic mass is 10.0. The molecule has 1 atom stereocenters. The number of halogens is 1. The van der Waals surface area contributed by atoms with Crippen LogP contribution in [0.2, 0.25) is 0 Å². The van der Waals surface area contributed by atoms with E-state index in [2.05, 4.69) is 15.5 Å². The molecule has 2 fully saturated rings. The van der Waals surface area contributed by atoms with E-state index in [1.807, 2.05) is 0 Å². The van der Waals surface area contributed by atoms with Gasteiger partial charge in [-0.15, -0.1) is 12.4 Å². The number of nitrogens with zero attached hydrogens (tertiary/aromatic N) is 2. The summed E-state index contributed by atoms with van der Waals surface area (Å²) in [6.45, 7) is 2.34. The largest absolute Gasteiger partial charge is 0.371 e. The van der Waals surface area contributed by atoms with Gasteiger partial charge in [-0.05, 0) is 38.1 Å². The second-order valence-electron chi connectivity index (χ2n) is 5.01. The van der Waals surface area contributed by atoms with E-state index in [0.29, 0.717) is 12.5 Å². The fourth-order valence-corrected chi connectivity index (χ4v) is 2.14. The first kappa shape index (κ1) is 13.8. The number of hydrogen-bond donors (Lipinski definition) is 1. The predicted molar refractivity (Wildman–Crippen MR) is 68.5 cm³/mol. The van der Waals surface area contributed by atoms with Crippen molar-refractivity contribution in [3.63, 3.8) is 0 Å². The van der Waals surface area contributed by atoms with Crippen LogP contribution in [0.3, 0.4) is 0 Å². The first-order chi connectivity index (χ1) is 8.42. The van der Waals surface area contributed by atoms with Crippen molar-refractivity contribution in [1.82, 2.24) is 15.5 Å². The van der Waals surface area contributed by atoms with Crippen LogP contribution < -0.4 is 5.32 Å². The van der Waals surface area contributed by atoms with Crippen LogP contribution in [-0.2, 0) is 11.3 Å². The summed E-state index contributed by atoms with van der Waals surface area (Å²) in [5, 5.41) is 7.43. The van der Waals surface area contributed by atoms with Crippen molar-refractivity contribution >= 4 is 12.4 Å². The smallest absolute Gasteiger partial charge is 0.252 e. The van der Waals surface area contributed by atoms with Crippen molar-refractivity contribution in [3.05, 3.63) is 11.7 Å². The molecular weight excluding hydrogens is 254 g/mol. The molecule has 0 aromatic carbocycles. The summed E-state index contributed by atoms with van der Waals surface area (Å²) in [7, 11) is 0. The highest BCUT2D eigenvalue weighted by Crippen LogP contribution is 2.29. The van der Waals surface area contributed by atoms with Gasteiger partial charge >= 0.3 is 0 Å². The van der Waals surface area contributed by atoms with Crippen LogP contribution >= 0.6 is 12.4 Å². The van der Waals surface area contributed by atoms with Crippen LogP contribution in [0.1, 0.15) is 49.9 Å². The Morgan fingerprint density at radius 2 is 2.17 bits per heavy atom. The Kier molecular flexibility index (Phi) is 4.97. The van der Waals surface area contributed by atoms with Gasteiger partial charge in [0.05, 0.1) is 12.6 Å². The van der Waals surface area contributed by atoms with Gasteiger partial charge in [0.2, 0.25) is 0 Å². The summed E-state index contributed by atoms with van der Waals surface area (Å²) >= 11 is 0. The maximum absolute atomic E-state index is 5.53. The van der Waals surface area contributed by atoms with Crippen LogP contribution in [0.5, 0.6) is 0 Å². The van der Waals surface area contributed by atoms with Crippen LogP contribution in [0.25, 0.3) is 0 Å². The number of ether oxygens (including phenoxy) is 1. The Labute approximate surface area is 113 Å². The molecule has 1 unspecified atom stereocenters. The van der Waals surface area contributed by atoms with Gasteiger partial charge in [-0.3, -0.25) is 0 Å². The average Bonchev–Trinajstić information content (AvgIpc) is 3.07. The van der Waals surface area contributed by atoms with Crippen LogP contribution in [-0.4, -0.2) is 23.3 Å². The fourth-order valence-electron chi connectivity index (χ4n) is 2.14. The van der Waals surface area contributed by atoms with Gasteiger partial charge in [-0.1, -0.05) is 11.6 Å². The summed E-state index contributed by atoms with van der Waals surface area (Å²) in [5.41, 5.74) is 0. The normalized spacial score (nSPS) is 23.7. The van der Waals surface area contributed by atoms with Crippen molar-refractivity contribution in [3.8, 4) is 0 Å². The standard InChI is InChI=1S/C12H19N3O2.ClH/c1-2-6-13-10(3-1)12-14-11(17-15-12)8-16-7-9-4-5-9;/h9-10,13H,1-8H2;1H. The predicted octanol–water partition coefficient (Wildman–Crippen LogP) is 2.23. The average molecular weight is 274 g/mol. The van der Waals surface area contributed by atoms with E-state index in [0.717, 1.165) is 31.3 Å². The lowest BCUT2D eigenvalue weighted by Crippen LogP contribution is -2.27. The van der Waals surface area contributed by atoms with Crippen molar-refractivity contribution in [1.29, 1.82) is 0 Å². The Balaban J connectivity index is 0.00000120. The molecule has 1 saturated heterocycles. The summed E-state index contributed by atoms with van der Waals surface area (Å²) in [5.74, 6) is 2.17. The van der Waals surface area contributed by atoms with E-state index in [1.165, 1.54) is 25.7 Å². The highest BCUT2D eigenvalue weighted by molar-refractivity contribution is 5.85. The molecule has 3 rings (SSSR count). The maximum Gasteiger partial charge on any atom is 0.252 e. The van der Waals surface area contributed by atoms with Gasteiger partial charge in [0.15, 0.2) is 5.82 Å². The maximum atomic E-state index is 5.53. The quantitative estimate of drug-likeness (QED) is 0.891. The van der Waals surface area contributed by atoms with Crippen molar-refractivity contribution < 1.29 is 9.26 Å². The number of piperidine rings is 1. The molecule has 102 valence electrons. The monoisotopic (exact) mass is 273 g/mol. The SMILES string of the molecule is C1CCC(c2noc(COCC3CC3)n2)NC1.Cl. The summed E-state index contributed by atoms with van der Waals surface area (Å²) in [4.78, 5) is 4.39. The molecule has 1 N–H and O–H groups in total. The lowest BCUT2D eigenvalue weighted by molar-refractivity contribution is 0.0894. The zero-order chi connectivity index (χ0) is 11.5. The molecule has 5 nitrogen and oxygen atoms in total. The zero-order valence-corrected chi connectivity index (χ0v) is 11.2. The molecule has 6 heteroatoms. The zero-order valence-electron chi connectivity index (χ0n) is 10.4. The van der Waals surface area contributed by atoms with Crippen LogP contribution in [0, 0.1) is 5.92 Å². The first-order valence-corrected chi connectivity index (χ1v) is 6.55. The summed E-state index contributed by atoms with van der Waals surface area (Å²) in [6, 6.07) is 0.268. The molecule has 1 aromatic heterocycles. The fraction of sp³-hybridized carbons (Fsp3) is 0.833. The van der Waals surface area contributed by atoms with Crippen molar-refractivity contribution in [2.24, 2.45) is 5.92 Å². The van der Waals surface area contributed by atoms with E-state index in [9.17, 15) is 0 Å². The number of rotatable bonds is 5. The Bertz CT molecular complexity index is 362. The molecule has 0 amide bonds. The van der Waals surface area contributed by atoms with E-state index in [-0.39, 0.29) is 18.4 Å². The molecule has 1 aliphatic carbocycles. The Hall–Kier alpha value is -0.650. The second kappa shape index (κ2) is 6.50. The molecular formula is C12H20ClN3O2. The summed E-state index contributed by atoms with van der Waals surface area (Å²) < 4.78 is 10.7. The Morgan fingerprint density at radius 1 is 1.28 bits per heavy atom. The minimum Gasteiger partial charge on any atom is -0.371 e. The van der Waals surface area contributed by atoms with E-state index in [1.54, 1.807) is 0 Å². The molecule has 0 radical (unpaired) electrons. The first-order valence-electron chi connectivity index (χ1n) is 6.55. The van der Waals surface area contributed by atoms with Crippen LogP contribution in [0.15, 0.2) is 4.52 Å². The van der Waals surface area contributed by atoms with Gasteiger partial charge in [-0.25, -0.2) is 0 Å². The number of hydrogen-bond acceptors (Lipinski definition) is 5. The number of aromatic nitrogens is 2. The Morgan fingerprint density at radius 3 is 2.89 bits per heavy atom. The van der Waals surface area contributed by atoms with E-state index in [4.69, 9.17) is 9.26 Å². The minimum absolute atomic E-state index is 0. The molecule has 0 bridgehead atoms. The van der Waals surface area contributed by atoms with E-state index >= 15 is 0 Å². The molecule has 0 spiro atoms. The lowest BCUT2D eigenvalue weighted by Gasteiger charge is -2.19. The third kappa shape index (κ3) is 3.67. The molecule has 1 aliphatic heterocycles. The second-order valence-corrected chi connectivity index (χ2v) is 5.01. The number of nitrogens with one attached hydrogen (secondary N) is 1. The van der Waals surface area contributed by atoms with Gasteiger partial charge in [0.25, 0.3) is 5.89 Å².